The number of aromatic nitrogens is 1. The molecule has 0 spiro atoms. The summed E-state index contributed by atoms with van der Waals surface area (Å²) in [7, 11) is 0. The number of nitrogens with zero attached hydrogens (tertiary/aromatic N) is 2. The smallest absolute Gasteiger partial charge is 0.475 e. The maximum atomic E-state index is 12.3. The number of pyridine rings is 1. The number of ether oxygens (including phenoxy) is 3. The Hall–Kier alpha value is -2.40. The molecule has 1 aromatic rings. The summed E-state index contributed by atoms with van der Waals surface area (Å²) in [5.41, 5.74) is 0. The quantitative estimate of drug-likeness (QED) is 0.777. The Bertz CT molecular complexity index is 673. The Balaban J connectivity index is 0.000000370. The first-order valence-corrected chi connectivity index (χ1v) is 9.10. The van der Waals surface area contributed by atoms with E-state index in [1.54, 1.807) is 6.20 Å². The molecule has 1 amide bonds. The first-order chi connectivity index (χ1) is 13.7. The van der Waals surface area contributed by atoms with Crippen LogP contribution < -0.4 is 4.74 Å². The van der Waals surface area contributed by atoms with Crippen LogP contribution in [0.2, 0.25) is 0 Å². The van der Waals surface area contributed by atoms with Gasteiger partial charge in [-0.3, -0.25) is 4.79 Å². The van der Waals surface area contributed by atoms with Crippen molar-refractivity contribution in [3.05, 3.63) is 24.4 Å². The number of aliphatic carboxylic acids is 1. The van der Waals surface area contributed by atoms with Gasteiger partial charge in [0.05, 0.1) is 6.04 Å². The molecular formula is C18H23F3N2O6. The van der Waals surface area contributed by atoms with Crippen molar-refractivity contribution in [2.24, 2.45) is 0 Å². The van der Waals surface area contributed by atoms with Crippen LogP contribution in [0.5, 0.6) is 5.88 Å². The normalized spacial score (nSPS) is 23.6. The summed E-state index contributed by atoms with van der Waals surface area (Å²) < 4.78 is 48.8. The third-order valence-electron chi connectivity index (χ3n) is 4.43. The molecule has 2 fully saturated rings. The molecule has 0 bridgehead atoms. The second-order valence-corrected chi connectivity index (χ2v) is 6.33. The molecule has 2 aliphatic rings. The molecule has 0 radical (unpaired) electrons. The molecule has 3 heterocycles. The Kier molecular flexibility index (Phi) is 8.21. The Morgan fingerprint density at radius 3 is 2.66 bits per heavy atom. The van der Waals surface area contributed by atoms with Crippen LogP contribution in [0.25, 0.3) is 0 Å². The molecule has 162 valence electrons. The minimum absolute atomic E-state index is 0.0404. The zero-order valence-electron chi connectivity index (χ0n) is 15.8. The van der Waals surface area contributed by atoms with E-state index in [0.717, 1.165) is 12.8 Å². The molecule has 0 unspecified atom stereocenters. The lowest BCUT2D eigenvalue weighted by Crippen LogP contribution is -2.56. The van der Waals surface area contributed by atoms with Gasteiger partial charge in [-0.15, -0.1) is 0 Å². The van der Waals surface area contributed by atoms with Crippen LogP contribution in [0.4, 0.5) is 13.2 Å². The fourth-order valence-corrected chi connectivity index (χ4v) is 3.16. The van der Waals surface area contributed by atoms with Crippen LogP contribution in [-0.4, -0.2) is 77.7 Å². The largest absolute Gasteiger partial charge is 0.490 e. The van der Waals surface area contributed by atoms with E-state index in [4.69, 9.17) is 24.1 Å². The zero-order chi connectivity index (χ0) is 21.4. The number of hydrogen-bond acceptors (Lipinski definition) is 6. The van der Waals surface area contributed by atoms with Gasteiger partial charge in [0.25, 0.3) is 0 Å². The molecule has 1 aromatic heterocycles. The van der Waals surface area contributed by atoms with Gasteiger partial charge in [0.15, 0.2) is 0 Å². The van der Waals surface area contributed by atoms with Crippen LogP contribution >= 0.6 is 0 Å². The molecule has 0 saturated carbocycles. The number of amides is 1. The third-order valence-corrected chi connectivity index (χ3v) is 4.43. The highest BCUT2D eigenvalue weighted by Gasteiger charge is 2.45. The maximum absolute atomic E-state index is 12.3. The van der Waals surface area contributed by atoms with Crippen molar-refractivity contribution in [2.75, 3.05) is 26.4 Å². The van der Waals surface area contributed by atoms with Crippen molar-refractivity contribution in [3.63, 3.8) is 0 Å². The number of carboxylic acids is 1. The van der Waals surface area contributed by atoms with Gasteiger partial charge in [-0.1, -0.05) is 6.07 Å². The van der Waals surface area contributed by atoms with Crippen molar-refractivity contribution in [1.29, 1.82) is 0 Å². The number of alkyl halides is 3. The van der Waals surface area contributed by atoms with E-state index in [9.17, 15) is 18.0 Å². The molecule has 3 atom stereocenters. The average Bonchev–Trinajstić information content (AvgIpc) is 3.17. The van der Waals surface area contributed by atoms with Crippen LogP contribution in [0.15, 0.2) is 24.4 Å². The highest BCUT2D eigenvalue weighted by molar-refractivity contribution is 5.78. The predicted molar refractivity (Wildman–Crippen MR) is 93.3 cm³/mol. The van der Waals surface area contributed by atoms with E-state index in [1.807, 2.05) is 30.0 Å². The van der Waals surface area contributed by atoms with Crippen molar-refractivity contribution in [2.45, 2.75) is 44.2 Å². The van der Waals surface area contributed by atoms with Crippen molar-refractivity contribution in [3.8, 4) is 5.88 Å². The lowest BCUT2D eigenvalue weighted by Gasteiger charge is -2.40. The fraction of sp³-hybridized carbons (Fsp3) is 0.611. The lowest BCUT2D eigenvalue weighted by molar-refractivity contribution is -0.192. The molecule has 0 aliphatic carbocycles. The minimum atomic E-state index is -5.08. The van der Waals surface area contributed by atoms with Crippen LogP contribution in [-0.2, 0) is 19.1 Å². The van der Waals surface area contributed by atoms with E-state index < -0.39 is 12.1 Å². The number of hydrogen-bond donors (Lipinski definition) is 1. The standard InChI is InChI=1S/C16H22N2O4.C2HF3O2/c1-2-20-11-15(19)18-9-6-13(16-12(18)7-10-21-16)22-14-5-3-4-8-17-14;3-2(4,5)1(6)7/h3-5,8,12-13,16H,2,6-7,9-11H2,1H3;(H,6,7)/t12-,13+,16-;/m0./s1. The van der Waals surface area contributed by atoms with E-state index in [0.29, 0.717) is 25.6 Å². The summed E-state index contributed by atoms with van der Waals surface area (Å²) in [6, 6.07) is 5.68. The molecule has 29 heavy (non-hydrogen) atoms. The Morgan fingerprint density at radius 1 is 1.34 bits per heavy atom. The van der Waals surface area contributed by atoms with E-state index >= 15 is 0 Å². The molecule has 2 aliphatic heterocycles. The van der Waals surface area contributed by atoms with E-state index in [2.05, 4.69) is 4.98 Å². The molecule has 3 rings (SSSR count). The molecule has 0 aromatic carbocycles. The number of rotatable bonds is 5. The first kappa shape index (κ1) is 22.9. The van der Waals surface area contributed by atoms with Gasteiger partial charge in [-0.05, 0) is 19.4 Å². The SMILES string of the molecule is CCOCC(=O)N1CC[C@@H](Oc2ccccn2)[C@H]2OCC[C@@H]21.O=C(O)C(F)(F)F. The van der Waals surface area contributed by atoms with Gasteiger partial charge in [-0.25, -0.2) is 9.78 Å². The molecule has 1 N–H and O–H groups in total. The number of fused-ring (bicyclic) bond motifs is 1. The highest BCUT2D eigenvalue weighted by atomic mass is 19.4. The van der Waals surface area contributed by atoms with Gasteiger partial charge in [-0.2, -0.15) is 13.2 Å². The second-order valence-electron chi connectivity index (χ2n) is 6.33. The number of piperidine rings is 1. The Labute approximate surface area is 165 Å². The number of carbonyl (C=O) groups is 2. The number of carboxylic acid groups (broad SMARTS) is 1. The minimum Gasteiger partial charge on any atom is -0.475 e. The molecular weight excluding hydrogens is 397 g/mol. The summed E-state index contributed by atoms with van der Waals surface area (Å²) in [4.78, 5) is 27.3. The summed E-state index contributed by atoms with van der Waals surface area (Å²) >= 11 is 0. The number of carbonyl (C=O) groups excluding carboxylic acids is 1. The monoisotopic (exact) mass is 420 g/mol. The summed E-state index contributed by atoms with van der Waals surface area (Å²) in [5.74, 6) is -2.11. The summed E-state index contributed by atoms with van der Waals surface area (Å²) in [6.45, 7) is 3.92. The molecule has 8 nitrogen and oxygen atoms in total. The Morgan fingerprint density at radius 2 is 2.07 bits per heavy atom. The van der Waals surface area contributed by atoms with Crippen LogP contribution in [0.3, 0.4) is 0 Å². The zero-order valence-corrected chi connectivity index (χ0v) is 15.8. The van der Waals surface area contributed by atoms with Gasteiger partial charge < -0.3 is 24.2 Å². The van der Waals surface area contributed by atoms with Gasteiger partial charge in [0, 0.05) is 38.4 Å². The number of halogens is 3. The molecule has 11 heteroatoms. The number of likely N-dealkylation sites (tertiary alicyclic amines) is 1. The second kappa shape index (κ2) is 10.4. The summed E-state index contributed by atoms with van der Waals surface area (Å²) in [6.07, 6.45) is -1.91. The van der Waals surface area contributed by atoms with Crippen LogP contribution in [0, 0.1) is 0 Å². The fourth-order valence-electron chi connectivity index (χ4n) is 3.16. The van der Waals surface area contributed by atoms with E-state index in [1.165, 1.54) is 0 Å². The summed E-state index contributed by atoms with van der Waals surface area (Å²) in [5, 5.41) is 7.12. The maximum Gasteiger partial charge on any atom is 0.490 e. The molecule has 2 saturated heterocycles. The van der Waals surface area contributed by atoms with Gasteiger partial charge >= 0.3 is 12.1 Å². The van der Waals surface area contributed by atoms with Crippen molar-refractivity contribution >= 4 is 11.9 Å². The van der Waals surface area contributed by atoms with Crippen LogP contribution in [0.1, 0.15) is 19.8 Å². The lowest BCUT2D eigenvalue weighted by atomic mass is 9.95. The first-order valence-electron chi connectivity index (χ1n) is 9.10. The third kappa shape index (κ3) is 6.57. The van der Waals surface area contributed by atoms with Gasteiger partial charge in [0.1, 0.15) is 18.8 Å². The highest BCUT2D eigenvalue weighted by Crippen LogP contribution is 2.31. The average molecular weight is 420 g/mol. The van der Waals surface area contributed by atoms with Crippen molar-refractivity contribution in [1.82, 2.24) is 9.88 Å². The topological polar surface area (TPSA) is 98.2 Å². The van der Waals surface area contributed by atoms with Gasteiger partial charge in [0.2, 0.25) is 11.8 Å². The predicted octanol–water partition coefficient (Wildman–Crippen LogP) is 1.89. The van der Waals surface area contributed by atoms with E-state index in [-0.39, 0.29) is 30.8 Å². The van der Waals surface area contributed by atoms with Crippen molar-refractivity contribution < 1.29 is 42.1 Å².